The van der Waals surface area contributed by atoms with Gasteiger partial charge in [-0.25, -0.2) is 0 Å². The van der Waals surface area contributed by atoms with Gasteiger partial charge in [-0.1, -0.05) is 6.92 Å². The number of hydrogen-bond acceptors (Lipinski definition) is 2. The fourth-order valence-corrected chi connectivity index (χ4v) is 0. The molecule has 0 bridgehead atoms. The zero-order chi connectivity index (χ0) is 6.28. The number of carboxylic acid groups (broad SMARTS) is 1. The van der Waals surface area contributed by atoms with E-state index in [1.54, 1.807) is 6.92 Å². The average molecular weight is 124 g/mol. The molecule has 0 heterocycles. The van der Waals surface area contributed by atoms with E-state index < -0.39 is 5.97 Å². The van der Waals surface area contributed by atoms with Crippen LogP contribution in [0.5, 0.6) is 0 Å². The fourth-order valence-electron chi connectivity index (χ4n) is 0. The van der Waals surface area contributed by atoms with Gasteiger partial charge in [-0.2, -0.15) is 0 Å². The van der Waals surface area contributed by atoms with E-state index >= 15 is 0 Å². The Morgan fingerprint density at radius 2 is 1.62 bits per heavy atom. The third-order valence-electron chi connectivity index (χ3n) is 0.302. The third-order valence-corrected chi connectivity index (χ3v) is 0.302. The van der Waals surface area contributed by atoms with Crippen molar-refractivity contribution in [2.45, 2.75) is 13.3 Å². The lowest BCUT2D eigenvalue weighted by Crippen LogP contribution is -1.86. The molecule has 0 atom stereocenters. The molecule has 0 radical (unpaired) electrons. The number of carbonyl (C=O) groups is 1. The highest BCUT2D eigenvalue weighted by molar-refractivity contribution is 5.66. The highest BCUT2D eigenvalue weighted by atomic mass is 16.4. The van der Waals surface area contributed by atoms with Gasteiger partial charge in [0.15, 0.2) is 0 Å². The first-order valence-corrected chi connectivity index (χ1v) is 1.94. The standard InChI is InChI=1S/C3H6O2.CH4O.H2O/c1-2-3(4)5;1-2;/h2H2,1H3,(H,4,5);2H,1H3;1H2. The summed E-state index contributed by atoms with van der Waals surface area (Å²) < 4.78 is 0. The number of aliphatic hydroxyl groups excluding tert-OH is 1. The van der Waals surface area contributed by atoms with Gasteiger partial charge >= 0.3 is 5.97 Å². The van der Waals surface area contributed by atoms with Crippen LogP contribution < -0.4 is 0 Å². The van der Waals surface area contributed by atoms with Crippen LogP contribution in [0, 0.1) is 0 Å². The van der Waals surface area contributed by atoms with Gasteiger partial charge in [-0.05, 0) is 0 Å². The molecule has 0 unspecified atom stereocenters. The van der Waals surface area contributed by atoms with Crippen LogP contribution in [-0.2, 0) is 4.79 Å². The van der Waals surface area contributed by atoms with Gasteiger partial charge in [0.2, 0.25) is 0 Å². The van der Waals surface area contributed by atoms with E-state index in [1.807, 2.05) is 0 Å². The van der Waals surface area contributed by atoms with Crippen molar-refractivity contribution in [2.24, 2.45) is 0 Å². The zero-order valence-electron chi connectivity index (χ0n) is 5.01. The van der Waals surface area contributed by atoms with Crippen LogP contribution in [0.1, 0.15) is 13.3 Å². The van der Waals surface area contributed by atoms with Crippen molar-refractivity contribution < 1.29 is 20.5 Å². The van der Waals surface area contributed by atoms with Crippen LogP contribution >= 0.6 is 0 Å². The Bertz CT molecular complexity index is 43.3. The highest BCUT2D eigenvalue weighted by Gasteiger charge is 1.80. The van der Waals surface area contributed by atoms with E-state index in [1.165, 1.54) is 0 Å². The molecule has 0 rings (SSSR count). The first kappa shape index (κ1) is 15.7. The molecule has 0 aliphatic carbocycles. The summed E-state index contributed by atoms with van der Waals surface area (Å²) in [4.78, 5) is 9.37. The van der Waals surface area contributed by atoms with E-state index in [9.17, 15) is 4.79 Å². The van der Waals surface area contributed by atoms with Crippen molar-refractivity contribution in [3.8, 4) is 0 Å². The molecule has 0 fully saturated rings. The molecule has 4 nitrogen and oxygen atoms in total. The summed E-state index contributed by atoms with van der Waals surface area (Å²) >= 11 is 0. The van der Waals surface area contributed by atoms with Crippen LogP contribution in [0.15, 0.2) is 0 Å². The van der Waals surface area contributed by atoms with Gasteiger partial charge in [0.1, 0.15) is 0 Å². The van der Waals surface area contributed by atoms with Crippen molar-refractivity contribution in [1.82, 2.24) is 0 Å². The molecule has 0 aromatic rings. The maximum atomic E-state index is 9.37. The number of hydrogen-bond donors (Lipinski definition) is 2. The maximum absolute atomic E-state index is 9.37. The van der Waals surface area contributed by atoms with Crippen LogP contribution in [0.2, 0.25) is 0 Å². The van der Waals surface area contributed by atoms with Gasteiger partial charge in [-0.3, -0.25) is 4.79 Å². The number of aliphatic carboxylic acids is 1. The molecule has 0 saturated carbocycles. The molecule has 52 valence electrons. The molecule has 0 amide bonds. The van der Waals surface area contributed by atoms with Gasteiger partial charge in [0, 0.05) is 13.5 Å². The summed E-state index contributed by atoms with van der Waals surface area (Å²) in [5.74, 6) is -0.745. The van der Waals surface area contributed by atoms with Gasteiger partial charge < -0.3 is 15.7 Å². The topological polar surface area (TPSA) is 89.0 Å². The SMILES string of the molecule is CCC(=O)O.CO.O. The Balaban J connectivity index is -0.0000000750. The zero-order valence-corrected chi connectivity index (χ0v) is 5.01. The molecule has 0 spiro atoms. The second-order valence-corrected chi connectivity index (χ2v) is 0.747. The van der Waals surface area contributed by atoms with Gasteiger partial charge in [0.25, 0.3) is 0 Å². The largest absolute Gasteiger partial charge is 0.481 e. The first-order chi connectivity index (χ1) is 3.27. The number of carboxylic acids is 1. The lowest BCUT2D eigenvalue weighted by molar-refractivity contribution is -0.136. The second-order valence-electron chi connectivity index (χ2n) is 0.747. The molecule has 0 aromatic heterocycles. The molecule has 8 heavy (non-hydrogen) atoms. The number of aliphatic hydroxyl groups is 1. The van der Waals surface area contributed by atoms with Crippen molar-refractivity contribution in [2.75, 3.05) is 7.11 Å². The Labute approximate surface area is 48.1 Å². The summed E-state index contributed by atoms with van der Waals surface area (Å²) in [6.07, 6.45) is 0.222. The average Bonchev–Trinajstić information content (AvgIpc) is 1.73. The van der Waals surface area contributed by atoms with Crippen molar-refractivity contribution >= 4 is 5.97 Å². The van der Waals surface area contributed by atoms with Crippen LogP contribution in [0.25, 0.3) is 0 Å². The quantitative estimate of drug-likeness (QED) is 0.482. The Morgan fingerprint density at radius 1 is 1.50 bits per heavy atom. The molecule has 0 aromatic carbocycles. The van der Waals surface area contributed by atoms with E-state index in [-0.39, 0.29) is 11.9 Å². The Hall–Kier alpha value is -0.610. The summed E-state index contributed by atoms with van der Waals surface area (Å²) in [7, 11) is 1.00. The maximum Gasteiger partial charge on any atom is 0.303 e. The van der Waals surface area contributed by atoms with Crippen molar-refractivity contribution in [1.29, 1.82) is 0 Å². The second kappa shape index (κ2) is 16.2. The molecule has 4 N–H and O–H groups in total. The van der Waals surface area contributed by atoms with Crippen LogP contribution in [0.4, 0.5) is 0 Å². The molecular formula is C4H12O4. The van der Waals surface area contributed by atoms with E-state index in [0.717, 1.165) is 7.11 Å². The number of rotatable bonds is 1. The normalized spacial score (nSPS) is 5.38. The predicted molar refractivity (Wildman–Crippen MR) is 29.7 cm³/mol. The molecule has 0 aliphatic heterocycles. The van der Waals surface area contributed by atoms with E-state index in [2.05, 4.69) is 0 Å². The molecular weight excluding hydrogens is 112 g/mol. The molecule has 4 heteroatoms. The Morgan fingerprint density at radius 3 is 1.62 bits per heavy atom. The summed E-state index contributed by atoms with van der Waals surface area (Å²) in [5, 5.41) is 14.7. The lowest BCUT2D eigenvalue weighted by Gasteiger charge is -1.71. The predicted octanol–water partition coefficient (Wildman–Crippen LogP) is -0.735. The summed E-state index contributed by atoms with van der Waals surface area (Å²) in [6, 6.07) is 0. The van der Waals surface area contributed by atoms with E-state index in [4.69, 9.17) is 10.2 Å². The van der Waals surface area contributed by atoms with Crippen LogP contribution in [-0.4, -0.2) is 28.8 Å². The monoisotopic (exact) mass is 124 g/mol. The minimum absolute atomic E-state index is 0. The smallest absolute Gasteiger partial charge is 0.303 e. The minimum Gasteiger partial charge on any atom is -0.481 e. The Kier molecular flexibility index (Phi) is 31.6. The van der Waals surface area contributed by atoms with Crippen molar-refractivity contribution in [3.05, 3.63) is 0 Å². The lowest BCUT2D eigenvalue weighted by atomic mass is 10.5. The summed E-state index contributed by atoms with van der Waals surface area (Å²) in [5.41, 5.74) is 0. The van der Waals surface area contributed by atoms with Gasteiger partial charge in [0.05, 0.1) is 0 Å². The van der Waals surface area contributed by atoms with Crippen LogP contribution in [0.3, 0.4) is 0 Å². The molecule has 0 aliphatic rings. The van der Waals surface area contributed by atoms with E-state index in [0.29, 0.717) is 0 Å². The third kappa shape index (κ3) is 53.8. The molecule has 0 saturated heterocycles. The summed E-state index contributed by atoms with van der Waals surface area (Å²) in [6.45, 7) is 1.60. The van der Waals surface area contributed by atoms with Gasteiger partial charge in [-0.15, -0.1) is 0 Å². The first-order valence-electron chi connectivity index (χ1n) is 1.94. The fraction of sp³-hybridized carbons (Fsp3) is 0.750. The highest BCUT2D eigenvalue weighted by Crippen LogP contribution is 1.67. The minimum atomic E-state index is -0.745. The van der Waals surface area contributed by atoms with Crippen molar-refractivity contribution in [3.63, 3.8) is 0 Å².